The van der Waals surface area contributed by atoms with E-state index in [1.165, 1.54) is 32.5 Å². The number of hydroxylamine groups is 4. The van der Waals surface area contributed by atoms with Crippen LogP contribution in [0.15, 0.2) is 35.3 Å². The van der Waals surface area contributed by atoms with Crippen LogP contribution in [-0.4, -0.2) is 101 Å². The largest absolute Gasteiger partial charge is 0.442 e. The number of carbonyl (C=O) groups excluding carboxylic acids is 2. The average Bonchev–Trinajstić information content (AvgIpc) is 3.68. The summed E-state index contributed by atoms with van der Waals surface area (Å²) in [6.45, 7) is 0.609. The summed E-state index contributed by atoms with van der Waals surface area (Å²) in [5, 5.41) is 6.41. The van der Waals surface area contributed by atoms with Gasteiger partial charge in [-0.3, -0.25) is 0 Å². The van der Waals surface area contributed by atoms with Gasteiger partial charge in [-0.2, -0.15) is 18.5 Å². The molecular weight excluding hydrogens is 544 g/mol. The van der Waals surface area contributed by atoms with Crippen LogP contribution in [0.2, 0.25) is 0 Å². The highest BCUT2D eigenvalue weighted by Gasteiger charge is 2.51. The molecule has 0 aromatic carbocycles. The fourth-order valence-corrected chi connectivity index (χ4v) is 7.23. The molecule has 0 radical (unpaired) electrons. The summed E-state index contributed by atoms with van der Waals surface area (Å²) in [6, 6.07) is -3.77. The predicted octanol–water partition coefficient (Wildman–Crippen LogP) is 0.0688. The van der Waals surface area contributed by atoms with Crippen LogP contribution in [0.4, 0.5) is 9.59 Å². The van der Waals surface area contributed by atoms with E-state index in [0.717, 1.165) is 21.3 Å². The summed E-state index contributed by atoms with van der Waals surface area (Å²) in [6.07, 6.45) is 6.72. The summed E-state index contributed by atoms with van der Waals surface area (Å²) in [7, 11) is -4.87. The fourth-order valence-electron chi connectivity index (χ4n) is 5.03. The van der Waals surface area contributed by atoms with E-state index in [0.29, 0.717) is 10.0 Å². The number of hydrogen-bond acceptors (Lipinski definition) is 12. The number of aromatic nitrogens is 2. The summed E-state index contributed by atoms with van der Waals surface area (Å²) < 4.78 is 36.1. The number of fused-ring (bicyclic) bond motifs is 4. The van der Waals surface area contributed by atoms with Crippen LogP contribution < -0.4 is 11.5 Å². The lowest BCUT2D eigenvalue weighted by molar-refractivity contribution is -0.0724. The monoisotopic (exact) mass is 566 g/mol. The minimum absolute atomic E-state index is 0.122. The van der Waals surface area contributed by atoms with Gasteiger partial charge in [0.2, 0.25) is 0 Å². The van der Waals surface area contributed by atoms with E-state index in [2.05, 4.69) is 9.97 Å². The van der Waals surface area contributed by atoms with Crippen LogP contribution in [-0.2, 0) is 19.0 Å². The van der Waals surface area contributed by atoms with Crippen LogP contribution in [0, 0.1) is 0 Å². The highest BCUT2D eigenvalue weighted by atomic mass is 32.3. The summed E-state index contributed by atoms with van der Waals surface area (Å²) in [5.41, 5.74) is 13.3. The van der Waals surface area contributed by atoms with Gasteiger partial charge in [0.05, 0.1) is 24.2 Å². The van der Waals surface area contributed by atoms with Crippen molar-refractivity contribution in [2.45, 2.75) is 24.2 Å². The van der Waals surface area contributed by atoms with E-state index in [4.69, 9.17) is 20.0 Å². The smallest absolute Gasteiger partial charge is 0.328 e. The Hall–Kier alpha value is -2.93. The molecule has 6 rings (SSSR count). The van der Waals surface area contributed by atoms with Gasteiger partial charge in [0, 0.05) is 60.5 Å². The molecule has 0 saturated carbocycles. The quantitative estimate of drug-likeness (QED) is 0.444. The maximum Gasteiger partial charge on any atom is 0.442 e. The lowest BCUT2D eigenvalue weighted by Crippen LogP contribution is -2.45. The van der Waals surface area contributed by atoms with E-state index in [1.807, 2.05) is 0 Å². The molecule has 14 nitrogen and oxygen atoms in total. The first-order chi connectivity index (χ1) is 17.8. The number of urea groups is 2. The van der Waals surface area contributed by atoms with E-state index in [-0.39, 0.29) is 26.2 Å². The molecule has 17 heteroatoms. The Kier molecular flexibility index (Phi) is 6.02. The van der Waals surface area contributed by atoms with Crippen molar-refractivity contribution in [1.29, 1.82) is 0 Å². The maximum atomic E-state index is 13.1. The first-order valence-corrected chi connectivity index (χ1v) is 14.4. The van der Waals surface area contributed by atoms with Gasteiger partial charge in [-0.05, 0) is 12.2 Å². The maximum absolute atomic E-state index is 13.1. The van der Waals surface area contributed by atoms with Crippen LogP contribution >= 0.6 is 22.7 Å². The summed E-state index contributed by atoms with van der Waals surface area (Å²) in [5.74, 6) is 0. The van der Waals surface area contributed by atoms with E-state index < -0.39 is 46.6 Å². The molecule has 196 valence electrons. The zero-order valence-electron chi connectivity index (χ0n) is 19.1. The van der Waals surface area contributed by atoms with Crippen molar-refractivity contribution in [3.8, 4) is 0 Å². The molecule has 6 heterocycles. The second-order valence-corrected chi connectivity index (χ2v) is 11.5. The van der Waals surface area contributed by atoms with Gasteiger partial charge in [-0.15, -0.1) is 31.2 Å². The molecule has 0 aliphatic carbocycles. The van der Waals surface area contributed by atoms with Crippen molar-refractivity contribution in [1.82, 2.24) is 29.9 Å². The molecule has 4 aliphatic rings. The Morgan fingerprint density at radius 1 is 0.838 bits per heavy atom. The molecule has 2 fully saturated rings. The summed E-state index contributed by atoms with van der Waals surface area (Å²) >= 11 is 2.77. The normalized spacial score (nSPS) is 27.3. The van der Waals surface area contributed by atoms with Crippen LogP contribution in [0.3, 0.4) is 0 Å². The third kappa shape index (κ3) is 4.02. The average molecular weight is 567 g/mol. The van der Waals surface area contributed by atoms with E-state index >= 15 is 0 Å². The van der Waals surface area contributed by atoms with Gasteiger partial charge in [0.25, 0.3) is 0 Å². The minimum Gasteiger partial charge on any atom is -0.328 e. The molecule has 0 spiro atoms. The second kappa shape index (κ2) is 9.12. The third-order valence-corrected chi connectivity index (χ3v) is 8.93. The van der Waals surface area contributed by atoms with Gasteiger partial charge in [-0.25, -0.2) is 19.6 Å². The molecule has 4 N–H and O–H groups in total. The zero-order valence-corrected chi connectivity index (χ0v) is 21.6. The number of hydrogen-bond donors (Lipinski definition) is 2. The van der Waals surface area contributed by atoms with Crippen LogP contribution in [0.25, 0.3) is 11.1 Å². The second-order valence-electron chi connectivity index (χ2n) is 8.64. The first kappa shape index (κ1) is 24.4. The molecule has 4 atom stereocenters. The van der Waals surface area contributed by atoms with Gasteiger partial charge in [-0.1, -0.05) is 0 Å². The van der Waals surface area contributed by atoms with Crippen LogP contribution in [0.1, 0.15) is 10.0 Å². The molecule has 37 heavy (non-hydrogen) atoms. The number of amides is 4. The fraction of sp³-hybridized carbons (Fsp3) is 0.400. The van der Waals surface area contributed by atoms with Crippen molar-refractivity contribution in [2.75, 3.05) is 26.2 Å². The first-order valence-electron chi connectivity index (χ1n) is 11.3. The third-order valence-electron chi connectivity index (χ3n) is 6.60. The highest BCUT2D eigenvalue weighted by Crippen LogP contribution is 2.37. The van der Waals surface area contributed by atoms with E-state index in [1.54, 1.807) is 35.3 Å². The molecular formula is C20H22N8O6S3. The highest BCUT2D eigenvalue weighted by molar-refractivity contribution is 7.81. The van der Waals surface area contributed by atoms with Crippen molar-refractivity contribution in [2.24, 2.45) is 11.5 Å². The standard InChI is InChI=1S/C20H22N8O6S3/c21-7-15-13(17-23-1-3-35-17)5-11-9-25(15)19(29)27(11)33-37(31,32)34-28-12-6-14(18-24-2-4-36-18)16(8-22)26(10-12)20(28)30/h1-6,11-12,15-16H,7-10,21-22H2/t11-,12-,15-,16-/m1/s1. The van der Waals surface area contributed by atoms with Gasteiger partial charge in [0.15, 0.2) is 0 Å². The predicted molar refractivity (Wildman–Crippen MR) is 132 cm³/mol. The Morgan fingerprint density at radius 3 is 1.62 bits per heavy atom. The van der Waals surface area contributed by atoms with E-state index in [9.17, 15) is 18.0 Å². The topological polar surface area (TPSA) is 178 Å². The van der Waals surface area contributed by atoms with Crippen molar-refractivity contribution < 1.29 is 26.6 Å². The number of nitrogens with two attached hydrogens (primary N) is 2. The van der Waals surface area contributed by atoms with Gasteiger partial charge < -0.3 is 21.3 Å². The molecule has 4 bridgehead atoms. The molecule has 0 unspecified atom stereocenters. The molecule has 2 saturated heterocycles. The Labute approximate surface area is 219 Å². The number of carbonyl (C=O) groups is 2. The Morgan fingerprint density at radius 2 is 1.27 bits per heavy atom. The van der Waals surface area contributed by atoms with Gasteiger partial charge >= 0.3 is 22.5 Å². The molecule has 4 amide bonds. The lowest BCUT2D eigenvalue weighted by Gasteiger charge is -2.29. The SMILES string of the molecule is NC[C@@H]1C(c2nccs2)=C[C@@H]2CN1C(=O)N2OS(=O)(=O)ON1C(=O)N2C[C@H]1C=C(c1nccs1)[C@H]2CN. The lowest BCUT2D eigenvalue weighted by atomic mass is 10.00. The van der Waals surface area contributed by atoms with Crippen molar-refractivity contribution >= 4 is 56.3 Å². The zero-order chi connectivity index (χ0) is 25.9. The number of thiazole rings is 2. The van der Waals surface area contributed by atoms with Crippen molar-refractivity contribution in [3.63, 3.8) is 0 Å². The Balaban J connectivity index is 1.23. The minimum atomic E-state index is -4.87. The van der Waals surface area contributed by atoms with Crippen molar-refractivity contribution in [3.05, 3.63) is 45.3 Å². The molecule has 4 aliphatic heterocycles. The van der Waals surface area contributed by atoms with Crippen LogP contribution in [0.5, 0.6) is 0 Å². The number of nitrogens with zero attached hydrogens (tertiary/aromatic N) is 6. The Bertz CT molecular complexity index is 1280. The molecule has 2 aromatic rings. The summed E-state index contributed by atoms with van der Waals surface area (Å²) in [4.78, 5) is 37.6. The molecule has 2 aromatic heterocycles. The number of rotatable bonds is 8. The van der Waals surface area contributed by atoms with Gasteiger partial charge in [0.1, 0.15) is 10.0 Å².